The number of nitrogens with zero attached hydrogens (tertiary/aromatic N) is 2. The molecule has 1 aromatic heterocycles. The van der Waals surface area contributed by atoms with Gasteiger partial charge in [0, 0.05) is 6.20 Å². The van der Waals surface area contributed by atoms with Crippen molar-refractivity contribution in [3.63, 3.8) is 0 Å². The molecule has 12 nitrogen and oxygen atoms in total. The number of alkyl halides is 2. The second-order valence-electron chi connectivity index (χ2n) is 9.58. The lowest BCUT2D eigenvalue weighted by atomic mass is 10.1. The molecular formula is C24H36F2N4O8. The van der Waals surface area contributed by atoms with E-state index < -0.39 is 66.6 Å². The van der Waals surface area contributed by atoms with E-state index in [2.05, 4.69) is 10.3 Å². The second-order valence-corrected chi connectivity index (χ2v) is 9.58. The molecule has 0 spiro atoms. The highest BCUT2D eigenvalue weighted by Crippen LogP contribution is 2.44. The molecule has 0 bridgehead atoms. The number of nitrogens with one attached hydrogen (secondary N) is 1. The summed E-state index contributed by atoms with van der Waals surface area (Å²) in [4.78, 5) is 52.4. The number of carbonyl (C=O) groups is 3. The molecule has 2 rings (SSSR count). The van der Waals surface area contributed by atoms with Crippen LogP contribution in [0.2, 0.25) is 0 Å². The van der Waals surface area contributed by atoms with Crippen LogP contribution in [0.25, 0.3) is 0 Å². The summed E-state index contributed by atoms with van der Waals surface area (Å²) in [5.74, 6) is -6.93. The first-order valence-electron chi connectivity index (χ1n) is 12.5. The molecule has 1 amide bonds. The van der Waals surface area contributed by atoms with Gasteiger partial charge < -0.3 is 24.7 Å². The molecule has 2 heterocycles. The lowest BCUT2D eigenvalue weighted by Crippen LogP contribution is -2.46. The van der Waals surface area contributed by atoms with Crippen LogP contribution in [0.4, 0.5) is 19.4 Å². The van der Waals surface area contributed by atoms with Gasteiger partial charge in [-0.3, -0.25) is 19.5 Å². The maximum atomic E-state index is 15.5. The lowest BCUT2D eigenvalue weighted by Gasteiger charge is -2.25. The second kappa shape index (κ2) is 13.6. The van der Waals surface area contributed by atoms with Crippen molar-refractivity contribution in [1.82, 2.24) is 9.55 Å². The first kappa shape index (κ1) is 31.1. The third-order valence-electron chi connectivity index (χ3n) is 5.74. The van der Waals surface area contributed by atoms with E-state index in [1.165, 1.54) is 13.8 Å². The van der Waals surface area contributed by atoms with Crippen molar-refractivity contribution < 1.29 is 42.1 Å². The Labute approximate surface area is 219 Å². The number of carbonyl (C=O) groups excluding carboxylic acids is 3. The molecule has 214 valence electrons. The fraction of sp³-hybridized carbons (Fsp3) is 0.708. The van der Waals surface area contributed by atoms with Crippen molar-refractivity contribution >= 4 is 23.8 Å². The van der Waals surface area contributed by atoms with Gasteiger partial charge in [-0.15, -0.1) is 0 Å². The number of ether oxygens (including phenoxy) is 4. The zero-order valence-electron chi connectivity index (χ0n) is 22.1. The van der Waals surface area contributed by atoms with Crippen molar-refractivity contribution in [1.29, 1.82) is 0 Å². The summed E-state index contributed by atoms with van der Waals surface area (Å²) < 4.78 is 51.9. The fourth-order valence-electron chi connectivity index (χ4n) is 3.36. The molecule has 3 N–H and O–H groups in total. The predicted molar refractivity (Wildman–Crippen MR) is 130 cm³/mol. The number of aromatic nitrogens is 2. The molecule has 0 unspecified atom stereocenters. The zero-order chi connectivity index (χ0) is 28.6. The minimum Gasteiger partial charge on any atom is -0.462 e. The van der Waals surface area contributed by atoms with Gasteiger partial charge in [0.2, 0.25) is 6.23 Å². The summed E-state index contributed by atoms with van der Waals surface area (Å²) in [7, 11) is 0. The molecule has 1 aliphatic rings. The Bertz CT molecular complexity index is 1030. The average Bonchev–Trinajstić information content (AvgIpc) is 3.09. The van der Waals surface area contributed by atoms with Crippen molar-refractivity contribution in [2.24, 2.45) is 17.6 Å². The maximum Gasteiger partial charge on any atom is 0.412 e. The summed E-state index contributed by atoms with van der Waals surface area (Å²) in [6, 6.07) is 0.104. The largest absolute Gasteiger partial charge is 0.462 e. The van der Waals surface area contributed by atoms with Gasteiger partial charge in [0.25, 0.3) is 0 Å². The van der Waals surface area contributed by atoms with Crippen LogP contribution in [0.5, 0.6) is 0 Å². The van der Waals surface area contributed by atoms with Crippen LogP contribution in [0.1, 0.15) is 60.1 Å². The Morgan fingerprint density at radius 2 is 1.87 bits per heavy atom. The number of esters is 2. The number of unbranched alkanes of at least 4 members (excludes halogenated alkanes) is 2. The maximum absolute atomic E-state index is 15.5. The Hall–Kier alpha value is -3.13. The highest BCUT2D eigenvalue weighted by Gasteiger charge is 2.63. The number of hydrogen-bond donors (Lipinski definition) is 2. The predicted octanol–water partition coefficient (Wildman–Crippen LogP) is 2.61. The quantitative estimate of drug-likeness (QED) is 0.226. The number of anilines is 1. The van der Waals surface area contributed by atoms with Crippen molar-refractivity contribution in [3.8, 4) is 0 Å². The summed E-state index contributed by atoms with van der Waals surface area (Å²) in [6.07, 6.45) is -3.46. The van der Waals surface area contributed by atoms with Crippen LogP contribution in [-0.4, -0.2) is 65.0 Å². The molecule has 4 atom stereocenters. The highest BCUT2D eigenvalue weighted by atomic mass is 19.3. The molecule has 1 aliphatic heterocycles. The number of halogens is 2. The van der Waals surface area contributed by atoms with Crippen LogP contribution in [-0.2, 0) is 28.5 Å². The molecular weight excluding hydrogens is 510 g/mol. The van der Waals surface area contributed by atoms with Gasteiger partial charge in [-0.2, -0.15) is 13.8 Å². The number of amides is 1. The molecule has 1 aromatic rings. The van der Waals surface area contributed by atoms with Crippen LogP contribution in [0, 0.1) is 11.8 Å². The van der Waals surface area contributed by atoms with Gasteiger partial charge in [-0.25, -0.2) is 9.59 Å². The van der Waals surface area contributed by atoms with Crippen molar-refractivity contribution in [2.75, 3.05) is 18.5 Å². The Kier molecular flexibility index (Phi) is 11.1. The summed E-state index contributed by atoms with van der Waals surface area (Å²) in [5.41, 5.74) is 4.56. The van der Waals surface area contributed by atoms with E-state index in [1.54, 1.807) is 13.8 Å². The van der Waals surface area contributed by atoms with Crippen LogP contribution in [0.15, 0.2) is 17.1 Å². The van der Waals surface area contributed by atoms with Gasteiger partial charge in [-0.1, -0.05) is 47.5 Å². The molecule has 0 aromatic carbocycles. The summed E-state index contributed by atoms with van der Waals surface area (Å²) >= 11 is 0. The SMILES string of the molecule is CCCCCOC(=O)Nc1ccn([C@@H]2O[C@H](COC(=O)[C@H](N)C(C)C)[C@@H](OC(=O)C(C)C)C2(F)F)c(=O)n1. The van der Waals surface area contributed by atoms with Gasteiger partial charge in [-0.05, 0) is 18.4 Å². The first-order chi connectivity index (χ1) is 17.8. The minimum absolute atomic E-state index is 0.170. The highest BCUT2D eigenvalue weighted by molar-refractivity contribution is 5.83. The van der Waals surface area contributed by atoms with Crippen LogP contribution in [0.3, 0.4) is 0 Å². The number of nitrogens with two attached hydrogens (primary N) is 1. The van der Waals surface area contributed by atoms with Crippen LogP contribution < -0.4 is 16.7 Å². The smallest absolute Gasteiger partial charge is 0.412 e. The topological polar surface area (TPSA) is 161 Å². The first-order valence-corrected chi connectivity index (χ1v) is 12.5. The Morgan fingerprint density at radius 3 is 2.45 bits per heavy atom. The molecule has 0 radical (unpaired) electrons. The summed E-state index contributed by atoms with van der Waals surface area (Å²) in [5, 5.41) is 2.25. The zero-order valence-corrected chi connectivity index (χ0v) is 22.1. The van der Waals surface area contributed by atoms with Crippen molar-refractivity contribution in [3.05, 3.63) is 22.7 Å². The summed E-state index contributed by atoms with van der Waals surface area (Å²) in [6.45, 7) is 7.73. The van der Waals surface area contributed by atoms with E-state index in [-0.39, 0.29) is 18.3 Å². The van der Waals surface area contributed by atoms with E-state index in [0.717, 1.165) is 25.1 Å². The minimum atomic E-state index is -3.92. The third kappa shape index (κ3) is 7.93. The van der Waals surface area contributed by atoms with E-state index >= 15 is 8.78 Å². The van der Waals surface area contributed by atoms with Gasteiger partial charge >= 0.3 is 29.6 Å². The van der Waals surface area contributed by atoms with E-state index in [0.29, 0.717) is 11.0 Å². The molecule has 1 fully saturated rings. The molecule has 0 saturated carbocycles. The Balaban J connectivity index is 2.23. The van der Waals surface area contributed by atoms with E-state index in [1.807, 2.05) is 6.92 Å². The number of rotatable bonds is 12. The fourth-order valence-corrected chi connectivity index (χ4v) is 3.36. The number of hydrogen-bond acceptors (Lipinski definition) is 10. The molecule has 0 aliphatic carbocycles. The average molecular weight is 547 g/mol. The van der Waals surface area contributed by atoms with E-state index in [9.17, 15) is 19.2 Å². The van der Waals surface area contributed by atoms with Crippen molar-refractivity contribution in [2.45, 2.75) is 84.3 Å². The lowest BCUT2D eigenvalue weighted by molar-refractivity contribution is -0.180. The van der Waals surface area contributed by atoms with Gasteiger partial charge in [0.1, 0.15) is 24.6 Å². The molecule has 1 saturated heterocycles. The van der Waals surface area contributed by atoms with Crippen LogP contribution >= 0.6 is 0 Å². The third-order valence-corrected chi connectivity index (χ3v) is 5.74. The van der Waals surface area contributed by atoms with Gasteiger partial charge in [0.05, 0.1) is 12.5 Å². The normalized spacial score (nSPS) is 21.3. The molecule has 38 heavy (non-hydrogen) atoms. The van der Waals surface area contributed by atoms with Gasteiger partial charge in [0.15, 0.2) is 6.10 Å². The monoisotopic (exact) mass is 546 g/mol. The standard InChI is InChI=1S/C24H36F2N4O8/c1-6-7-8-11-35-23(34)29-16-9-10-30(22(33)28-16)21-24(25,26)18(38-19(31)14(4)5)15(37-21)12-36-20(32)17(27)13(2)3/h9-10,13-15,17-18,21H,6-8,11-12,27H2,1-5H3,(H,28,29,33,34)/t15-,17-,18-,21-/m1/s1. The van der Waals surface area contributed by atoms with E-state index in [4.69, 9.17) is 24.7 Å². The Morgan fingerprint density at radius 1 is 1.18 bits per heavy atom. The molecule has 14 heteroatoms.